The van der Waals surface area contributed by atoms with Crippen LogP contribution in [0.2, 0.25) is 0 Å². The van der Waals surface area contributed by atoms with E-state index in [0.29, 0.717) is 49.2 Å². The van der Waals surface area contributed by atoms with Gasteiger partial charge in [0.25, 0.3) is 17.1 Å². The van der Waals surface area contributed by atoms with E-state index in [-0.39, 0.29) is 29.2 Å². The second-order valence-electron chi connectivity index (χ2n) is 8.91. The number of hydrogen-bond acceptors (Lipinski definition) is 6. The molecule has 38 heavy (non-hydrogen) atoms. The topological polar surface area (TPSA) is 84.0 Å². The van der Waals surface area contributed by atoms with E-state index in [1.165, 1.54) is 18.2 Å². The molecule has 200 valence electrons. The van der Waals surface area contributed by atoms with E-state index in [1.807, 2.05) is 0 Å². The molecule has 0 saturated carbocycles. The van der Waals surface area contributed by atoms with Crippen LogP contribution in [0, 0.1) is 5.92 Å². The first-order valence-corrected chi connectivity index (χ1v) is 12.9. The fraction of sp³-hybridized carbons (Fsp3) is 0.333. The van der Waals surface area contributed by atoms with Crippen LogP contribution < -0.4 is 0 Å². The average molecular weight is 547 g/mol. The van der Waals surface area contributed by atoms with Gasteiger partial charge in [-0.15, -0.1) is 0 Å². The molecule has 2 aliphatic heterocycles. The van der Waals surface area contributed by atoms with Gasteiger partial charge in [-0.1, -0.05) is 24.3 Å². The highest BCUT2D eigenvalue weighted by atomic mass is 32.2. The number of nitrogens with zero attached hydrogens (tertiary/aromatic N) is 2. The van der Waals surface area contributed by atoms with E-state index >= 15 is 0 Å². The monoisotopic (exact) mass is 546 g/mol. The zero-order chi connectivity index (χ0) is 27.4. The first kappa shape index (κ1) is 27.4. The lowest BCUT2D eigenvalue weighted by Crippen LogP contribution is -2.40. The van der Waals surface area contributed by atoms with Gasteiger partial charge in [0.1, 0.15) is 0 Å². The molecule has 0 aromatic heterocycles. The number of rotatable bonds is 6. The highest BCUT2D eigenvalue weighted by Crippen LogP contribution is 2.34. The summed E-state index contributed by atoms with van der Waals surface area (Å²) in [7, 11) is 0. The summed E-state index contributed by atoms with van der Waals surface area (Å²) in [6.07, 6.45) is -1.91. The fourth-order valence-electron chi connectivity index (χ4n) is 4.29. The maximum atomic E-state index is 13.0. The Kier molecular flexibility index (Phi) is 8.25. The number of carbonyl (C=O) groups is 4. The minimum atomic E-state index is -4.47. The van der Waals surface area contributed by atoms with Crippen molar-refractivity contribution in [1.29, 1.82) is 0 Å². The quantitative estimate of drug-likeness (QED) is 0.359. The second kappa shape index (κ2) is 11.4. The zero-order valence-corrected chi connectivity index (χ0v) is 21.3. The average Bonchev–Trinajstić information content (AvgIpc) is 3.15. The van der Waals surface area contributed by atoms with Gasteiger partial charge < -0.3 is 9.64 Å². The largest absolute Gasteiger partial charge is 0.466 e. The molecule has 2 aromatic rings. The van der Waals surface area contributed by atoms with Crippen molar-refractivity contribution < 1.29 is 37.1 Å². The van der Waals surface area contributed by atoms with Crippen LogP contribution in [-0.2, 0) is 27.0 Å². The Labute approximate surface area is 221 Å². The molecule has 0 bridgehead atoms. The van der Waals surface area contributed by atoms with Gasteiger partial charge in [-0.2, -0.15) is 13.2 Å². The Morgan fingerprint density at radius 3 is 2.39 bits per heavy atom. The first-order chi connectivity index (χ1) is 18.1. The summed E-state index contributed by atoms with van der Waals surface area (Å²) >= 11 is 0.732. The molecule has 2 heterocycles. The number of imide groups is 1. The summed E-state index contributed by atoms with van der Waals surface area (Å²) in [6, 6.07) is 11.0. The minimum absolute atomic E-state index is 0.152. The second-order valence-corrected chi connectivity index (χ2v) is 9.90. The molecule has 4 rings (SSSR count). The predicted octanol–water partition coefficient (Wildman–Crippen LogP) is 5.36. The number of halogens is 3. The SMILES string of the molecule is CCOC(=O)C1CCN(C(=O)c2cccc(/C=C3\SC(=O)N(Cc4ccc(C(F)(F)F)cc4)C3=O)c2)CC1. The van der Waals surface area contributed by atoms with Crippen molar-refractivity contribution in [2.24, 2.45) is 5.92 Å². The number of piperidine rings is 1. The summed E-state index contributed by atoms with van der Waals surface area (Å²) in [5.41, 5.74) is 0.545. The number of alkyl halides is 3. The van der Waals surface area contributed by atoms with E-state index < -0.39 is 22.9 Å². The standard InChI is InChI=1S/C27H25F3N2O5S/c1-2-37-25(35)19-10-12-31(13-11-19)23(33)20-5-3-4-18(14-20)15-22-24(34)32(26(36)38-22)16-17-6-8-21(9-7-17)27(28,29)30/h3-9,14-15,19H,2,10-13,16H2,1H3/b22-15-. The molecule has 0 atom stereocenters. The van der Waals surface area contributed by atoms with Crippen molar-refractivity contribution in [1.82, 2.24) is 9.80 Å². The number of likely N-dealkylation sites (tertiary alicyclic amines) is 1. The number of ether oxygens (including phenoxy) is 1. The van der Waals surface area contributed by atoms with Crippen LogP contribution in [-0.4, -0.2) is 52.5 Å². The molecule has 11 heteroatoms. The summed E-state index contributed by atoms with van der Waals surface area (Å²) < 4.78 is 43.4. The Balaban J connectivity index is 1.41. The minimum Gasteiger partial charge on any atom is -0.466 e. The highest BCUT2D eigenvalue weighted by molar-refractivity contribution is 8.18. The van der Waals surface area contributed by atoms with Crippen molar-refractivity contribution >= 4 is 40.9 Å². The van der Waals surface area contributed by atoms with Gasteiger partial charge in [-0.3, -0.25) is 24.1 Å². The Bertz CT molecular complexity index is 1270. The van der Waals surface area contributed by atoms with Crippen LogP contribution in [0.3, 0.4) is 0 Å². The van der Waals surface area contributed by atoms with Crippen molar-refractivity contribution in [2.45, 2.75) is 32.5 Å². The van der Waals surface area contributed by atoms with Crippen LogP contribution >= 0.6 is 11.8 Å². The molecule has 7 nitrogen and oxygen atoms in total. The molecular formula is C27H25F3N2O5S. The van der Waals surface area contributed by atoms with Crippen molar-refractivity contribution in [3.63, 3.8) is 0 Å². The summed E-state index contributed by atoms with van der Waals surface area (Å²) in [6.45, 7) is 2.77. The van der Waals surface area contributed by atoms with E-state index in [2.05, 4.69) is 0 Å². The predicted molar refractivity (Wildman–Crippen MR) is 135 cm³/mol. The van der Waals surface area contributed by atoms with Crippen molar-refractivity contribution in [3.8, 4) is 0 Å². The van der Waals surface area contributed by atoms with Gasteiger partial charge in [-0.05, 0) is 73.0 Å². The number of thioether (sulfide) groups is 1. The fourth-order valence-corrected chi connectivity index (χ4v) is 5.13. The molecule has 0 spiro atoms. The molecule has 0 N–H and O–H groups in total. The summed E-state index contributed by atoms with van der Waals surface area (Å²) in [4.78, 5) is 53.1. The third-order valence-electron chi connectivity index (χ3n) is 6.33. The Morgan fingerprint density at radius 2 is 1.76 bits per heavy atom. The number of amides is 3. The van der Waals surface area contributed by atoms with Crippen LogP contribution in [0.15, 0.2) is 53.4 Å². The lowest BCUT2D eigenvalue weighted by Gasteiger charge is -2.31. The van der Waals surface area contributed by atoms with Gasteiger partial charge in [0, 0.05) is 18.7 Å². The molecule has 2 aliphatic rings. The zero-order valence-electron chi connectivity index (χ0n) is 20.5. The van der Waals surface area contributed by atoms with Gasteiger partial charge >= 0.3 is 12.1 Å². The van der Waals surface area contributed by atoms with Gasteiger partial charge in [0.2, 0.25) is 0 Å². The molecule has 2 fully saturated rings. The molecule has 2 saturated heterocycles. The van der Waals surface area contributed by atoms with Crippen molar-refractivity contribution in [2.75, 3.05) is 19.7 Å². The maximum absolute atomic E-state index is 13.0. The summed E-state index contributed by atoms with van der Waals surface area (Å²) in [5.74, 6) is -1.21. The van der Waals surface area contributed by atoms with E-state index in [4.69, 9.17) is 4.74 Å². The summed E-state index contributed by atoms with van der Waals surface area (Å²) in [5, 5.41) is -0.530. The number of esters is 1. The maximum Gasteiger partial charge on any atom is 0.416 e. The van der Waals surface area contributed by atoms with Crippen LogP contribution in [0.4, 0.5) is 18.0 Å². The molecule has 3 amide bonds. The van der Waals surface area contributed by atoms with E-state index in [9.17, 15) is 32.3 Å². The van der Waals surface area contributed by atoms with E-state index in [0.717, 1.165) is 28.8 Å². The normalized spacial score (nSPS) is 17.8. The molecule has 0 unspecified atom stereocenters. The molecule has 0 aliphatic carbocycles. The van der Waals surface area contributed by atoms with Crippen LogP contribution in [0.1, 0.15) is 46.8 Å². The number of hydrogen-bond donors (Lipinski definition) is 0. The molecule has 0 radical (unpaired) electrons. The molecular weight excluding hydrogens is 521 g/mol. The Hall–Kier alpha value is -3.60. The lowest BCUT2D eigenvalue weighted by molar-refractivity contribution is -0.149. The highest BCUT2D eigenvalue weighted by Gasteiger charge is 2.36. The third kappa shape index (κ3) is 6.27. The van der Waals surface area contributed by atoms with Gasteiger partial charge in [0.15, 0.2) is 0 Å². The van der Waals surface area contributed by atoms with Crippen LogP contribution in [0.25, 0.3) is 6.08 Å². The smallest absolute Gasteiger partial charge is 0.416 e. The van der Waals surface area contributed by atoms with Gasteiger partial charge in [-0.25, -0.2) is 0 Å². The number of benzene rings is 2. The van der Waals surface area contributed by atoms with E-state index in [1.54, 1.807) is 36.1 Å². The Morgan fingerprint density at radius 1 is 1.08 bits per heavy atom. The van der Waals surface area contributed by atoms with Crippen LogP contribution in [0.5, 0.6) is 0 Å². The lowest BCUT2D eigenvalue weighted by atomic mass is 9.96. The number of carbonyl (C=O) groups excluding carboxylic acids is 4. The first-order valence-electron chi connectivity index (χ1n) is 12.0. The molecule has 2 aromatic carbocycles. The van der Waals surface area contributed by atoms with Gasteiger partial charge in [0.05, 0.1) is 29.5 Å². The third-order valence-corrected chi connectivity index (χ3v) is 7.24. The van der Waals surface area contributed by atoms with Crippen molar-refractivity contribution in [3.05, 3.63) is 75.7 Å².